The summed E-state index contributed by atoms with van der Waals surface area (Å²) in [4.78, 5) is 19.2. The van der Waals surface area contributed by atoms with Crippen LogP contribution in [0.1, 0.15) is 41.0 Å². The number of thiazole rings is 1. The molecule has 132 valence electrons. The minimum absolute atomic E-state index is 0.0169. The highest BCUT2D eigenvalue weighted by Crippen LogP contribution is 2.25. The van der Waals surface area contributed by atoms with Gasteiger partial charge >= 0.3 is 0 Å². The highest BCUT2D eigenvalue weighted by atomic mass is 32.1. The molecule has 0 saturated heterocycles. The fourth-order valence-electron chi connectivity index (χ4n) is 2.83. The van der Waals surface area contributed by atoms with Gasteiger partial charge in [-0.2, -0.15) is 0 Å². The van der Waals surface area contributed by atoms with E-state index >= 15 is 0 Å². The Morgan fingerprint density at radius 2 is 2.12 bits per heavy atom. The lowest BCUT2D eigenvalue weighted by molar-refractivity contribution is 0.0774. The van der Waals surface area contributed by atoms with Crippen LogP contribution in [0.15, 0.2) is 29.6 Å². The summed E-state index contributed by atoms with van der Waals surface area (Å²) in [5.74, 6) is 1.18. The Morgan fingerprint density at radius 1 is 1.36 bits per heavy atom. The predicted molar refractivity (Wildman–Crippen MR) is 101 cm³/mol. The number of aromatic nitrogens is 2. The van der Waals surface area contributed by atoms with Crippen LogP contribution in [-0.2, 0) is 13.6 Å². The summed E-state index contributed by atoms with van der Waals surface area (Å²) in [5.41, 5.74) is 2.60. The van der Waals surface area contributed by atoms with Crippen LogP contribution < -0.4 is 4.74 Å². The van der Waals surface area contributed by atoms with Gasteiger partial charge in [-0.3, -0.25) is 4.79 Å². The molecule has 3 rings (SSSR count). The molecule has 5 nitrogen and oxygen atoms in total. The molecule has 0 spiro atoms. The molecule has 0 fully saturated rings. The molecule has 3 aromatic rings. The third-order valence-electron chi connectivity index (χ3n) is 4.28. The Bertz CT molecular complexity index is 911. The van der Waals surface area contributed by atoms with Gasteiger partial charge in [-0.15, -0.1) is 11.3 Å². The van der Waals surface area contributed by atoms with Crippen LogP contribution in [0.4, 0.5) is 0 Å². The van der Waals surface area contributed by atoms with E-state index in [0.29, 0.717) is 18.2 Å². The van der Waals surface area contributed by atoms with Crippen LogP contribution in [0.25, 0.3) is 10.9 Å². The standard InChI is InChI=1S/C19H23N3O2S/c1-12(2)18-20-14(11-25-18)10-21(3)19(23)17-9-13-8-15(24-5)6-7-16(13)22(17)4/h6-9,11-12H,10H2,1-5H3. The predicted octanol–water partition coefficient (Wildman–Crippen LogP) is 4.04. The summed E-state index contributed by atoms with van der Waals surface area (Å²) in [6.07, 6.45) is 0. The van der Waals surface area contributed by atoms with E-state index in [2.05, 4.69) is 18.8 Å². The molecule has 25 heavy (non-hydrogen) atoms. The van der Waals surface area contributed by atoms with E-state index in [4.69, 9.17) is 4.74 Å². The van der Waals surface area contributed by atoms with E-state index in [1.807, 2.05) is 48.3 Å². The Kier molecular flexibility index (Phi) is 4.81. The van der Waals surface area contributed by atoms with E-state index in [1.165, 1.54) is 0 Å². The minimum Gasteiger partial charge on any atom is -0.497 e. The summed E-state index contributed by atoms with van der Waals surface area (Å²) in [5, 5.41) is 4.13. The number of nitrogens with zero attached hydrogens (tertiary/aromatic N) is 3. The quantitative estimate of drug-likeness (QED) is 0.692. The van der Waals surface area contributed by atoms with Gasteiger partial charge < -0.3 is 14.2 Å². The van der Waals surface area contributed by atoms with Gasteiger partial charge in [0.15, 0.2) is 0 Å². The van der Waals surface area contributed by atoms with Crippen molar-refractivity contribution in [1.82, 2.24) is 14.5 Å². The second-order valence-corrected chi connectivity index (χ2v) is 7.40. The molecule has 1 amide bonds. The lowest BCUT2D eigenvalue weighted by Crippen LogP contribution is -2.28. The first-order valence-electron chi connectivity index (χ1n) is 8.24. The van der Waals surface area contributed by atoms with E-state index in [9.17, 15) is 4.79 Å². The van der Waals surface area contributed by atoms with Crippen LogP contribution in [0.5, 0.6) is 5.75 Å². The summed E-state index contributed by atoms with van der Waals surface area (Å²) < 4.78 is 7.19. The molecule has 0 radical (unpaired) electrons. The van der Waals surface area contributed by atoms with Crippen molar-refractivity contribution >= 4 is 28.1 Å². The largest absolute Gasteiger partial charge is 0.497 e. The molecule has 0 aliphatic rings. The molecule has 0 aliphatic heterocycles. The maximum Gasteiger partial charge on any atom is 0.270 e. The van der Waals surface area contributed by atoms with E-state index in [0.717, 1.165) is 27.4 Å². The fourth-order valence-corrected chi connectivity index (χ4v) is 3.66. The zero-order valence-corrected chi connectivity index (χ0v) is 16.1. The highest BCUT2D eigenvalue weighted by molar-refractivity contribution is 7.09. The first-order valence-corrected chi connectivity index (χ1v) is 9.12. The molecule has 0 N–H and O–H groups in total. The smallest absolute Gasteiger partial charge is 0.270 e. The van der Waals surface area contributed by atoms with Gasteiger partial charge in [-0.05, 0) is 24.3 Å². The van der Waals surface area contributed by atoms with Crippen LogP contribution in [0.3, 0.4) is 0 Å². The topological polar surface area (TPSA) is 47.4 Å². The molecule has 2 aromatic heterocycles. The van der Waals surface area contributed by atoms with Crippen molar-refractivity contribution in [3.05, 3.63) is 46.0 Å². The van der Waals surface area contributed by atoms with Crippen LogP contribution in [0, 0.1) is 0 Å². The number of carbonyl (C=O) groups is 1. The van der Waals surface area contributed by atoms with Crippen molar-refractivity contribution in [2.45, 2.75) is 26.3 Å². The summed E-state index contributed by atoms with van der Waals surface area (Å²) in [7, 11) is 5.37. The number of benzene rings is 1. The van der Waals surface area contributed by atoms with Crippen LogP contribution in [0.2, 0.25) is 0 Å². The Labute approximate surface area is 151 Å². The zero-order chi connectivity index (χ0) is 18.1. The molecule has 0 bridgehead atoms. The molecule has 1 aromatic carbocycles. The number of amides is 1. The molecule has 0 unspecified atom stereocenters. The molecule has 6 heteroatoms. The molecule has 0 saturated carbocycles. The molecular weight excluding hydrogens is 334 g/mol. The maximum absolute atomic E-state index is 12.9. The SMILES string of the molecule is COc1ccc2c(c1)cc(C(=O)N(C)Cc1csc(C(C)C)n1)n2C. The first kappa shape index (κ1) is 17.5. The lowest BCUT2D eigenvalue weighted by atomic mass is 10.2. The van der Waals surface area contributed by atoms with Gasteiger partial charge in [0.25, 0.3) is 5.91 Å². The van der Waals surface area contributed by atoms with Crippen molar-refractivity contribution < 1.29 is 9.53 Å². The van der Waals surface area contributed by atoms with E-state index < -0.39 is 0 Å². The van der Waals surface area contributed by atoms with Crippen molar-refractivity contribution in [1.29, 1.82) is 0 Å². The first-order chi connectivity index (χ1) is 11.9. The monoisotopic (exact) mass is 357 g/mol. The molecule has 2 heterocycles. The van der Waals surface area contributed by atoms with Gasteiger partial charge in [-0.25, -0.2) is 4.98 Å². The summed E-state index contributed by atoms with van der Waals surface area (Å²) in [6.45, 7) is 4.76. The normalized spacial score (nSPS) is 11.3. The second kappa shape index (κ2) is 6.88. The number of fused-ring (bicyclic) bond motifs is 1. The van der Waals surface area contributed by atoms with Gasteiger partial charge in [0, 0.05) is 36.3 Å². The van der Waals surface area contributed by atoms with Gasteiger partial charge in [-0.1, -0.05) is 13.8 Å². The molecular formula is C19H23N3O2S. The van der Waals surface area contributed by atoms with Gasteiger partial charge in [0.2, 0.25) is 0 Å². The molecule has 0 atom stereocenters. The zero-order valence-electron chi connectivity index (χ0n) is 15.2. The third kappa shape index (κ3) is 3.39. The number of aryl methyl sites for hydroxylation is 1. The highest BCUT2D eigenvalue weighted by Gasteiger charge is 2.19. The Hall–Kier alpha value is -2.34. The summed E-state index contributed by atoms with van der Waals surface area (Å²) >= 11 is 1.65. The van der Waals surface area contributed by atoms with Crippen LogP contribution in [-0.4, -0.2) is 34.5 Å². The number of hydrogen-bond acceptors (Lipinski definition) is 4. The number of methoxy groups -OCH3 is 1. The maximum atomic E-state index is 12.9. The van der Waals surface area contributed by atoms with E-state index in [1.54, 1.807) is 23.3 Å². The van der Waals surface area contributed by atoms with Crippen molar-refractivity contribution in [3.63, 3.8) is 0 Å². The Balaban J connectivity index is 1.83. The minimum atomic E-state index is -0.0169. The van der Waals surface area contributed by atoms with Crippen molar-refractivity contribution in [3.8, 4) is 5.75 Å². The van der Waals surface area contributed by atoms with Gasteiger partial charge in [0.1, 0.15) is 11.4 Å². The molecule has 0 aliphatic carbocycles. The lowest BCUT2D eigenvalue weighted by Gasteiger charge is -2.16. The Morgan fingerprint density at radius 3 is 2.76 bits per heavy atom. The summed E-state index contributed by atoms with van der Waals surface area (Å²) in [6, 6.07) is 7.74. The third-order valence-corrected chi connectivity index (χ3v) is 5.47. The number of hydrogen-bond donors (Lipinski definition) is 0. The van der Waals surface area contributed by atoms with E-state index in [-0.39, 0.29) is 5.91 Å². The average molecular weight is 357 g/mol. The average Bonchev–Trinajstić information content (AvgIpc) is 3.19. The second-order valence-electron chi connectivity index (χ2n) is 6.51. The van der Waals surface area contributed by atoms with Gasteiger partial charge in [0.05, 0.1) is 24.4 Å². The number of rotatable bonds is 5. The fraction of sp³-hybridized carbons (Fsp3) is 0.368. The number of ether oxygens (including phenoxy) is 1. The van der Waals surface area contributed by atoms with Crippen molar-refractivity contribution in [2.75, 3.05) is 14.2 Å². The number of carbonyl (C=O) groups excluding carboxylic acids is 1. The van der Waals surface area contributed by atoms with Crippen molar-refractivity contribution in [2.24, 2.45) is 7.05 Å². The van der Waals surface area contributed by atoms with Crippen LogP contribution >= 0.6 is 11.3 Å².